The molecule has 0 radical (unpaired) electrons. The maximum Gasteiger partial charge on any atom is 0.405 e. The van der Waals surface area contributed by atoms with Crippen molar-refractivity contribution in [3.05, 3.63) is 122 Å². The molecule has 2 atom stereocenters. The smallest absolute Gasteiger partial charge is 0.405 e. The molecule has 2 heterocycles. The van der Waals surface area contributed by atoms with Gasteiger partial charge in [-0.25, -0.2) is 22.8 Å². The fraction of sp³-hybridized carbons (Fsp3) is 0.176. The van der Waals surface area contributed by atoms with Crippen LogP contribution in [0.3, 0.4) is 0 Å². The fourth-order valence-electron chi connectivity index (χ4n) is 5.97. The van der Waals surface area contributed by atoms with Gasteiger partial charge < -0.3 is 15.2 Å². The Balaban J connectivity index is 1.57. The summed E-state index contributed by atoms with van der Waals surface area (Å²) in [4.78, 5) is 31.3. The van der Waals surface area contributed by atoms with Crippen molar-refractivity contribution in [3.63, 3.8) is 0 Å². The van der Waals surface area contributed by atoms with Gasteiger partial charge in [0.1, 0.15) is 23.2 Å². The Morgan fingerprint density at radius 3 is 2.35 bits per heavy atom. The lowest BCUT2D eigenvalue weighted by atomic mass is 10.0. The number of methoxy groups -OCH3 is 1. The van der Waals surface area contributed by atoms with Gasteiger partial charge in [0.25, 0.3) is 16.8 Å². The van der Waals surface area contributed by atoms with Gasteiger partial charge in [0.05, 0.1) is 50.7 Å². The summed E-state index contributed by atoms with van der Waals surface area (Å²) >= 11 is 10.7. The molecule has 2 aromatic heterocycles. The number of rotatable bonds is 11. The van der Waals surface area contributed by atoms with E-state index in [0.717, 1.165) is 26.6 Å². The van der Waals surface area contributed by atoms with Crippen LogP contribution < -0.4 is 19.9 Å². The Kier molecular flexibility index (Phi) is 10.3. The molecule has 0 bridgehead atoms. The Bertz CT molecular complexity index is 2370. The third kappa shape index (κ3) is 7.23. The number of ether oxygens (including phenoxy) is 1. The Morgan fingerprint density at radius 1 is 1.02 bits per heavy atom. The molecule has 4 aromatic carbocycles. The minimum atomic E-state index is -2.57. The maximum atomic E-state index is 14.5. The number of fused-ring (bicyclic) bond motifs is 2. The van der Waals surface area contributed by atoms with E-state index in [1.807, 2.05) is 12.1 Å². The van der Waals surface area contributed by atoms with Gasteiger partial charge in [-0.2, -0.15) is 5.10 Å². The van der Waals surface area contributed by atoms with Crippen molar-refractivity contribution in [2.24, 2.45) is 7.05 Å². The molecule has 51 heavy (non-hydrogen) atoms. The minimum Gasteiger partial charge on any atom is -0.497 e. The number of aromatic nitrogens is 4. The van der Waals surface area contributed by atoms with Crippen LogP contribution >= 0.6 is 23.2 Å². The summed E-state index contributed by atoms with van der Waals surface area (Å²) in [6.07, 6.45) is -1.47. The second-order valence-electron chi connectivity index (χ2n) is 11.4. The van der Waals surface area contributed by atoms with Gasteiger partial charge >= 0.3 is 6.09 Å². The second kappa shape index (κ2) is 14.6. The fourth-order valence-corrected chi connectivity index (χ4v) is 6.98. The molecule has 0 spiro atoms. The highest BCUT2D eigenvalue weighted by Crippen LogP contribution is 2.37. The third-order valence-electron chi connectivity index (χ3n) is 8.17. The van der Waals surface area contributed by atoms with Gasteiger partial charge in [-0.15, -0.1) is 0 Å². The van der Waals surface area contributed by atoms with Crippen LogP contribution in [0.25, 0.3) is 27.5 Å². The van der Waals surface area contributed by atoms with E-state index in [0.29, 0.717) is 18.2 Å². The van der Waals surface area contributed by atoms with Crippen LogP contribution in [0.1, 0.15) is 23.0 Å². The molecule has 1 unspecified atom stereocenters. The molecule has 0 fully saturated rings. The standard InChI is InChI=1S/C34H28Cl2F2N6O6S/c1-42-30-27(11-10-24(36)29(30)32(41-42)43(51(48)49)13-12-18-6-8-22(50-2)9-7-18)44-31(39-25-5-3-4-23(35)28(25)33(44)45)26(40-34(46)47)16-19-14-20(37)17-21(38)15-19/h3-11,14-15,17,26,40H,12-13,16H2,1-2H3,(H,46,47)(H,48,49)/t26-/m0/s1. The lowest BCUT2D eigenvalue weighted by Gasteiger charge is -2.23. The van der Waals surface area contributed by atoms with E-state index in [1.54, 1.807) is 32.4 Å². The highest BCUT2D eigenvalue weighted by molar-refractivity contribution is 7.80. The lowest BCUT2D eigenvalue weighted by Crippen LogP contribution is -2.35. The third-order valence-corrected chi connectivity index (χ3v) is 9.53. The number of amides is 1. The molecule has 0 aliphatic carbocycles. The summed E-state index contributed by atoms with van der Waals surface area (Å²) in [5.41, 5.74) is 0.713. The van der Waals surface area contributed by atoms with Crippen LogP contribution in [-0.4, -0.2) is 52.9 Å². The monoisotopic (exact) mass is 756 g/mol. The normalized spacial score (nSPS) is 12.6. The molecule has 1 amide bonds. The highest BCUT2D eigenvalue weighted by Gasteiger charge is 2.29. The number of carbonyl (C=O) groups is 1. The van der Waals surface area contributed by atoms with Gasteiger partial charge in [0.15, 0.2) is 5.82 Å². The molecule has 0 aliphatic rings. The average Bonchev–Trinajstić information content (AvgIpc) is 3.41. The van der Waals surface area contributed by atoms with E-state index in [4.69, 9.17) is 27.9 Å². The number of nitrogens with one attached hydrogen (secondary N) is 1. The maximum absolute atomic E-state index is 14.5. The summed E-state index contributed by atoms with van der Waals surface area (Å²) in [7, 11) is 3.09. The first-order valence-electron chi connectivity index (χ1n) is 15.2. The predicted molar refractivity (Wildman–Crippen MR) is 190 cm³/mol. The Hall–Kier alpha value is -5.09. The van der Waals surface area contributed by atoms with Gasteiger partial charge in [0.2, 0.25) is 0 Å². The van der Waals surface area contributed by atoms with Crippen molar-refractivity contribution in [2.45, 2.75) is 18.9 Å². The SMILES string of the molecule is COc1ccc(CCN(c2nn(C)c3c(-n4c([C@H](Cc5cc(F)cc(F)c5)NC(=O)O)nc5cccc(Cl)c5c4=O)ccc(Cl)c23)S(=O)O)cc1. The first-order chi connectivity index (χ1) is 24.4. The molecule has 0 saturated heterocycles. The van der Waals surface area contributed by atoms with Crippen molar-refractivity contribution in [1.29, 1.82) is 0 Å². The van der Waals surface area contributed by atoms with E-state index in [2.05, 4.69) is 15.4 Å². The van der Waals surface area contributed by atoms with Gasteiger partial charge in [-0.1, -0.05) is 41.4 Å². The molecule has 0 aliphatic heterocycles. The van der Waals surface area contributed by atoms with Crippen molar-refractivity contribution in [3.8, 4) is 11.4 Å². The number of hydrogen-bond donors (Lipinski definition) is 3. The Labute approximate surface area is 301 Å². The lowest BCUT2D eigenvalue weighted by molar-refractivity contribution is 0.189. The molecule has 0 saturated carbocycles. The molecule has 17 heteroatoms. The number of anilines is 1. The summed E-state index contributed by atoms with van der Waals surface area (Å²) < 4.78 is 60.5. The zero-order valence-electron chi connectivity index (χ0n) is 26.8. The van der Waals surface area contributed by atoms with Crippen LogP contribution in [0.4, 0.5) is 19.4 Å². The first-order valence-corrected chi connectivity index (χ1v) is 17.0. The summed E-state index contributed by atoms with van der Waals surface area (Å²) in [5.74, 6) is -1.22. The van der Waals surface area contributed by atoms with Crippen LogP contribution in [0, 0.1) is 11.6 Å². The van der Waals surface area contributed by atoms with Gasteiger partial charge in [-0.3, -0.25) is 22.9 Å². The largest absolute Gasteiger partial charge is 0.497 e. The summed E-state index contributed by atoms with van der Waals surface area (Å²) in [5, 5.41) is 17.2. The van der Waals surface area contributed by atoms with Crippen LogP contribution in [-0.2, 0) is 31.2 Å². The first kappa shape index (κ1) is 35.7. The summed E-state index contributed by atoms with van der Waals surface area (Å²) in [6, 6.07) is 16.2. The molecular formula is C34H28Cl2F2N6O6S. The summed E-state index contributed by atoms with van der Waals surface area (Å²) in [6.45, 7) is 0.0370. The number of aryl methyl sites for hydroxylation is 1. The minimum absolute atomic E-state index is 0.0110. The molecule has 3 N–H and O–H groups in total. The van der Waals surface area contributed by atoms with Crippen LogP contribution in [0.15, 0.2) is 77.6 Å². The Morgan fingerprint density at radius 2 is 1.71 bits per heavy atom. The molecular weight excluding hydrogens is 729 g/mol. The van der Waals surface area contributed by atoms with Gasteiger partial charge in [-0.05, 0) is 66.1 Å². The number of benzene rings is 4. The topological polar surface area (TPSA) is 152 Å². The van der Waals surface area contributed by atoms with Crippen molar-refractivity contribution in [1.82, 2.24) is 24.6 Å². The highest BCUT2D eigenvalue weighted by atomic mass is 35.5. The number of halogens is 4. The van der Waals surface area contributed by atoms with Crippen LogP contribution in [0.2, 0.25) is 10.0 Å². The van der Waals surface area contributed by atoms with Crippen molar-refractivity contribution >= 4 is 68.2 Å². The van der Waals surface area contributed by atoms with E-state index in [1.165, 1.54) is 28.9 Å². The van der Waals surface area contributed by atoms with Crippen LogP contribution in [0.5, 0.6) is 5.75 Å². The quantitative estimate of drug-likeness (QED) is 0.125. The van der Waals surface area contributed by atoms with E-state index < -0.39 is 40.6 Å². The number of hydrogen-bond acceptors (Lipinski definition) is 6. The predicted octanol–water partition coefficient (Wildman–Crippen LogP) is 6.60. The zero-order chi connectivity index (χ0) is 36.6. The number of carboxylic acid groups (broad SMARTS) is 1. The zero-order valence-corrected chi connectivity index (χ0v) is 29.1. The van der Waals surface area contributed by atoms with E-state index >= 15 is 0 Å². The molecule has 6 rings (SSSR count). The second-order valence-corrected chi connectivity index (χ2v) is 13.1. The molecule has 264 valence electrons. The number of nitrogens with zero attached hydrogens (tertiary/aromatic N) is 5. The van der Waals surface area contributed by atoms with Gasteiger partial charge in [0, 0.05) is 26.1 Å². The average molecular weight is 758 g/mol. The van der Waals surface area contributed by atoms with Crippen molar-refractivity contribution < 1.29 is 32.2 Å². The molecule has 12 nitrogen and oxygen atoms in total. The van der Waals surface area contributed by atoms with E-state index in [9.17, 15) is 32.2 Å². The van der Waals surface area contributed by atoms with Crippen molar-refractivity contribution in [2.75, 3.05) is 18.0 Å². The molecule has 6 aromatic rings. The van der Waals surface area contributed by atoms with E-state index in [-0.39, 0.29) is 67.7 Å².